The van der Waals surface area contributed by atoms with Crippen molar-refractivity contribution in [3.63, 3.8) is 0 Å². The van der Waals surface area contributed by atoms with E-state index in [1.807, 2.05) is 19.4 Å². The van der Waals surface area contributed by atoms with Gasteiger partial charge < -0.3 is 15.1 Å². The van der Waals surface area contributed by atoms with Crippen molar-refractivity contribution in [2.75, 3.05) is 44.7 Å². The van der Waals surface area contributed by atoms with Gasteiger partial charge in [-0.1, -0.05) is 6.92 Å². The van der Waals surface area contributed by atoms with Gasteiger partial charge in [0, 0.05) is 32.7 Å². The number of hydrogen-bond donors (Lipinski definition) is 1. The van der Waals surface area contributed by atoms with E-state index in [1.165, 1.54) is 0 Å². The minimum atomic E-state index is 0.775. The lowest BCUT2D eigenvalue weighted by molar-refractivity contribution is 0.270. The van der Waals surface area contributed by atoms with Crippen molar-refractivity contribution in [1.82, 2.24) is 20.2 Å². The van der Waals surface area contributed by atoms with Crippen LogP contribution in [0.3, 0.4) is 0 Å². The van der Waals surface area contributed by atoms with Crippen molar-refractivity contribution >= 4 is 5.82 Å². The second-order valence-electron chi connectivity index (χ2n) is 4.32. The van der Waals surface area contributed by atoms with Gasteiger partial charge in [-0.2, -0.15) is 0 Å². The van der Waals surface area contributed by atoms with E-state index in [1.54, 1.807) is 0 Å². The average molecular weight is 235 g/mol. The second-order valence-corrected chi connectivity index (χ2v) is 4.32. The Balaban J connectivity index is 1.94. The molecule has 1 aromatic rings. The third-order valence-electron chi connectivity index (χ3n) is 3.19. The molecule has 0 bridgehead atoms. The van der Waals surface area contributed by atoms with Gasteiger partial charge >= 0.3 is 0 Å². The highest BCUT2D eigenvalue weighted by Gasteiger charge is 2.16. The predicted octanol–water partition coefficient (Wildman–Crippen LogP) is 0.338. The first-order valence-corrected chi connectivity index (χ1v) is 6.26. The van der Waals surface area contributed by atoms with Gasteiger partial charge in [0.2, 0.25) is 0 Å². The Hall–Kier alpha value is -1.20. The maximum absolute atomic E-state index is 4.48. The molecule has 2 rings (SSSR count). The quantitative estimate of drug-likeness (QED) is 0.815. The predicted molar refractivity (Wildman–Crippen MR) is 69.1 cm³/mol. The summed E-state index contributed by atoms with van der Waals surface area (Å²) < 4.78 is 0. The van der Waals surface area contributed by atoms with E-state index < -0.39 is 0 Å². The smallest absolute Gasteiger partial charge is 0.147 e. The molecule has 0 aromatic carbocycles. The molecule has 0 aliphatic carbocycles. The van der Waals surface area contributed by atoms with Crippen LogP contribution in [0.2, 0.25) is 0 Å². The lowest BCUT2D eigenvalue weighted by Gasteiger charge is -2.34. The highest BCUT2D eigenvalue weighted by atomic mass is 15.3. The fourth-order valence-corrected chi connectivity index (χ4v) is 2.08. The third-order valence-corrected chi connectivity index (χ3v) is 3.19. The summed E-state index contributed by atoms with van der Waals surface area (Å²) in [6, 6.07) is 0. The van der Waals surface area contributed by atoms with Crippen molar-refractivity contribution in [3.8, 4) is 0 Å². The minimum absolute atomic E-state index is 0.775. The lowest BCUT2D eigenvalue weighted by Crippen LogP contribution is -2.46. The van der Waals surface area contributed by atoms with E-state index in [4.69, 9.17) is 0 Å². The van der Waals surface area contributed by atoms with Crippen molar-refractivity contribution in [2.24, 2.45) is 0 Å². The van der Waals surface area contributed by atoms with Crippen LogP contribution in [0.15, 0.2) is 12.4 Å². The normalized spacial score (nSPS) is 17.4. The summed E-state index contributed by atoms with van der Waals surface area (Å²) in [7, 11) is 1.92. The molecule has 1 N–H and O–H groups in total. The number of nitrogens with zero attached hydrogens (tertiary/aromatic N) is 4. The Morgan fingerprint density at radius 2 is 1.94 bits per heavy atom. The molecule has 0 unspecified atom stereocenters. The Labute approximate surface area is 103 Å². The number of piperazine rings is 1. The SMILES string of the molecule is CCN1CCN(c2cnc(CNC)cn2)CC1. The third kappa shape index (κ3) is 3.14. The maximum atomic E-state index is 4.48. The molecule has 1 aliphatic heterocycles. The van der Waals surface area contributed by atoms with Crippen LogP contribution >= 0.6 is 0 Å². The van der Waals surface area contributed by atoms with Crippen LogP contribution in [0.1, 0.15) is 12.6 Å². The molecule has 1 aliphatic rings. The Morgan fingerprint density at radius 3 is 2.47 bits per heavy atom. The molecule has 0 spiro atoms. The molecule has 5 nitrogen and oxygen atoms in total. The number of likely N-dealkylation sites (N-methyl/N-ethyl adjacent to an activating group) is 1. The zero-order chi connectivity index (χ0) is 12.1. The van der Waals surface area contributed by atoms with Gasteiger partial charge in [0.05, 0.1) is 18.1 Å². The van der Waals surface area contributed by atoms with Crippen molar-refractivity contribution in [1.29, 1.82) is 0 Å². The summed E-state index contributed by atoms with van der Waals surface area (Å²) in [6.45, 7) is 8.47. The molecule has 0 atom stereocenters. The van der Waals surface area contributed by atoms with Gasteiger partial charge in [-0.15, -0.1) is 0 Å². The van der Waals surface area contributed by atoms with Crippen LogP contribution in [0.5, 0.6) is 0 Å². The first-order chi connectivity index (χ1) is 8.33. The fraction of sp³-hybridized carbons (Fsp3) is 0.667. The van der Waals surface area contributed by atoms with Crippen LogP contribution in [-0.2, 0) is 6.54 Å². The second kappa shape index (κ2) is 5.93. The van der Waals surface area contributed by atoms with E-state index in [0.29, 0.717) is 0 Å². The van der Waals surface area contributed by atoms with Crippen molar-refractivity contribution < 1.29 is 0 Å². The number of nitrogens with one attached hydrogen (secondary N) is 1. The number of anilines is 1. The summed E-state index contributed by atoms with van der Waals surface area (Å²) in [6.07, 6.45) is 3.74. The van der Waals surface area contributed by atoms with Crippen molar-refractivity contribution in [3.05, 3.63) is 18.1 Å². The van der Waals surface area contributed by atoms with Crippen LogP contribution in [0.4, 0.5) is 5.82 Å². The van der Waals surface area contributed by atoms with Gasteiger partial charge in [-0.3, -0.25) is 4.98 Å². The summed E-state index contributed by atoms with van der Waals surface area (Å²) in [4.78, 5) is 13.6. The molecule has 2 heterocycles. The zero-order valence-corrected chi connectivity index (χ0v) is 10.7. The highest BCUT2D eigenvalue weighted by molar-refractivity contribution is 5.36. The van der Waals surface area contributed by atoms with Gasteiger partial charge in [0.15, 0.2) is 0 Å². The number of hydrogen-bond acceptors (Lipinski definition) is 5. The molecule has 0 radical (unpaired) electrons. The first kappa shape index (κ1) is 12.3. The Morgan fingerprint density at radius 1 is 1.18 bits per heavy atom. The molecule has 1 saturated heterocycles. The zero-order valence-electron chi connectivity index (χ0n) is 10.7. The first-order valence-electron chi connectivity index (χ1n) is 6.26. The molecule has 17 heavy (non-hydrogen) atoms. The summed E-state index contributed by atoms with van der Waals surface area (Å²) >= 11 is 0. The topological polar surface area (TPSA) is 44.3 Å². The van der Waals surface area contributed by atoms with Crippen LogP contribution < -0.4 is 10.2 Å². The van der Waals surface area contributed by atoms with Gasteiger partial charge in [-0.05, 0) is 13.6 Å². The molecule has 0 saturated carbocycles. The van der Waals surface area contributed by atoms with E-state index in [-0.39, 0.29) is 0 Å². The largest absolute Gasteiger partial charge is 0.353 e. The van der Waals surface area contributed by atoms with Crippen LogP contribution in [0.25, 0.3) is 0 Å². The summed E-state index contributed by atoms with van der Waals surface area (Å²) in [5.41, 5.74) is 0.989. The van der Waals surface area contributed by atoms with Gasteiger partial charge in [-0.25, -0.2) is 4.98 Å². The fourth-order valence-electron chi connectivity index (χ4n) is 2.08. The number of rotatable bonds is 4. The van der Waals surface area contributed by atoms with E-state index in [9.17, 15) is 0 Å². The summed E-state index contributed by atoms with van der Waals surface area (Å²) in [5, 5.41) is 3.07. The van der Waals surface area contributed by atoms with Crippen molar-refractivity contribution in [2.45, 2.75) is 13.5 Å². The van der Waals surface area contributed by atoms with E-state index in [2.05, 4.69) is 32.0 Å². The molecule has 1 fully saturated rings. The minimum Gasteiger partial charge on any atom is -0.353 e. The summed E-state index contributed by atoms with van der Waals surface area (Å²) in [5.74, 6) is 1.00. The standard InChI is InChI=1S/C12H21N5/c1-3-16-4-6-17(7-5-16)12-10-14-11(8-13-2)9-15-12/h9-10,13H,3-8H2,1-2H3. The van der Waals surface area contributed by atoms with Crippen LogP contribution in [-0.4, -0.2) is 54.6 Å². The molecular weight excluding hydrogens is 214 g/mol. The Bertz CT molecular complexity index is 329. The monoisotopic (exact) mass is 235 g/mol. The number of aromatic nitrogens is 2. The molecule has 94 valence electrons. The van der Waals surface area contributed by atoms with E-state index >= 15 is 0 Å². The molecule has 1 aromatic heterocycles. The molecular formula is C12H21N5. The average Bonchev–Trinajstić information content (AvgIpc) is 2.40. The van der Waals surface area contributed by atoms with Gasteiger partial charge in [0.1, 0.15) is 5.82 Å². The Kier molecular flexibility index (Phi) is 4.28. The molecule has 5 heteroatoms. The molecule has 0 amide bonds. The van der Waals surface area contributed by atoms with Crippen LogP contribution in [0, 0.1) is 0 Å². The highest BCUT2D eigenvalue weighted by Crippen LogP contribution is 2.12. The van der Waals surface area contributed by atoms with E-state index in [0.717, 1.165) is 50.8 Å². The maximum Gasteiger partial charge on any atom is 0.147 e. The lowest BCUT2D eigenvalue weighted by atomic mass is 10.3. The van der Waals surface area contributed by atoms with Gasteiger partial charge in [0.25, 0.3) is 0 Å².